The molecule has 2 aromatic rings. The lowest BCUT2D eigenvalue weighted by molar-refractivity contribution is 0.0730. The van der Waals surface area contributed by atoms with Crippen LogP contribution in [0.25, 0.3) is 0 Å². The maximum atomic E-state index is 13.9. The van der Waals surface area contributed by atoms with Gasteiger partial charge in [0.1, 0.15) is 5.82 Å². The van der Waals surface area contributed by atoms with Crippen molar-refractivity contribution in [2.75, 3.05) is 39.4 Å². The first kappa shape index (κ1) is 21.9. The van der Waals surface area contributed by atoms with Gasteiger partial charge in [-0.2, -0.15) is 4.31 Å². The molecule has 0 aromatic heterocycles. The number of nitrogens with zero attached hydrogens (tertiary/aromatic N) is 3. The van der Waals surface area contributed by atoms with Crippen LogP contribution in [0.2, 0.25) is 0 Å². The van der Waals surface area contributed by atoms with E-state index < -0.39 is 10.0 Å². The van der Waals surface area contributed by atoms with Gasteiger partial charge < -0.3 is 4.74 Å². The highest BCUT2D eigenvalue weighted by molar-refractivity contribution is 8.13. The van der Waals surface area contributed by atoms with Crippen LogP contribution in [0.15, 0.2) is 58.4 Å². The monoisotopic (exact) mass is 463 g/mol. The van der Waals surface area contributed by atoms with Crippen molar-refractivity contribution in [1.82, 2.24) is 9.21 Å². The molecule has 1 saturated heterocycles. The topological polar surface area (TPSA) is 79.3 Å². The number of hydrogen-bond donors (Lipinski definition) is 0. The second kappa shape index (κ2) is 9.47. The molecule has 10 heteroatoms. The van der Waals surface area contributed by atoms with Gasteiger partial charge in [0.25, 0.3) is 5.91 Å². The number of halogens is 1. The van der Waals surface area contributed by atoms with Crippen molar-refractivity contribution < 1.29 is 22.3 Å². The molecule has 0 N–H and O–H groups in total. The Kier molecular flexibility index (Phi) is 6.71. The number of aliphatic imine (C=N–C) groups is 1. The molecule has 0 radical (unpaired) electrons. The number of amides is 1. The molecule has 7 nitrogen and oxygen atoms in total. The Morgan fingerprint density at radius 1 is 1.06 bits per heavy atom. The second-order valence-corrected chi connectivity index (χ2v) is 9.92. The van der Waals surface area contributed by atoms with Gasteiger partial charge in [-0.15, -0.1) is 0 Å². The molecule has 31 heavy (non-hydrogen) atoms. The maximum Gasteiger partial charge on any atom is 0.259 e. The van der Waals surface area contributed by atoms with Crippen LogP contribution in [-0.4, -0.2) is 68.1 Å². The highest BCUT2D eigenvalue weighted by Crippen LogP contribution is 2.24. The Bertz CT molecular complexity index is 1080. The summed E-state index contributed by atoms with van der Waals surface area (Å²) in [5, 5.41) is 0.540. The number of sulfonamides is 1. The fourth-order valence-electron chi connectivity index (χ4n) is 3.36. The summed E-state index contributed by atoms with van der Waals surface area (Å²) in [5.74, 6) is -0.178. The summed E-state index contributed by atoms with van der Waals surface area (Å²) in [7, 11) is -3.61. The van der Waals surface area contributed by atoms with Gasteiger partial charge in [-0.05, 0) is 35.9 Å². The summed E-state index contributed by atoms with van der Waals surface area (Å²) in [4.78, 5) is 19.1. The van der Waals surface area contributed by atoms with Gasteiger partial charge in [-0.25, -0.2) is 12.8 Å². The highest BCUT2D eigenvalue weighted by Gasteiger charge is 2.28. The van der Waals surface area contributed by atoms with Gasteiger partial charge in [0.05, 0.1) is 24.7 Å². The zero-order valence-electron chi connectivity index (χ0n) is 16.7. The number of carbonyl (C=O) groups excluding carboxylic acids is 1. The largest absolute Gasteiger partial charge is 0.379 e. The minimum absolute atomic E-state index is 0.148. The molecule has 2 aliphatic rings. The van der Waals surface area contributed by atoms with Crippen molar-refractivity contribution in [3.8, 4) is 0 Å². The van der Waals surface area contributed by atoms with E-state index in [2.05, 4.69) is 4.99 Å². The van der Waals surface area contributed by atoms with Crippen molar-refractivity contribution in [1.29, 1.82) is 0 Å². The van der Waals surface area contributed by atoms with Crippen LogP contribution < -0.4 is 0 Å². The van der Waals surface area contributed by atoms with Gasteiger partial charge in [0, 0.05) is 31.0 Å². The molecule has 2 aromatic carbocycles. The number of amidine groups is 1. The normalized spacial score (nSPS) is 17.6. The third-order valence-corrected chi connectivity index (χ3v) is 8.05. The van der Waals surface area contributed by atoms with Crippen molar-refractivity contribution >= 4 is 32.9 Å². The summed E-state index contributed by atoms with van der Waals surface area (Å²) in [5.41, 5.74) is 0.925. The molecule has 2 heterocycles. The predicted molar refractivity (Wildman–Crippen MR) is 117 cm³/mol. The van der Waals surface area contributed by atoms with E-state index in [4.69, 9.17) is 4.74 Å². The summed E-state index contributed by atoms with van der Waals surface area (Å²) in [6.07, 6.45) is 0. The Balaban J connectivity index is 1.44. The molecule has 164 valence electrons. The van der Waals surface area contributed by atoms with Crippen LogP contribution in [0.5, 0.6) is 0 Å². The number of thioether (sulfide) groups is 1. The summed E-state index contributed by atoms with van der Waals surface area (Å²) in [6, 6.07) is 12.5. The molecule has 1 amide bonds. The van der Waals surface area contributed by atoms with E-state index in [1.54, 1.807) is 23.1 Å². The van der Waals surface area contributed by atoms with E-state index in [1.807, 2.05) is 0 Å². The number of hydrogen-bond acceptors (Lipinski definition) is 6. The van der Waals surface area contributed by atoms with E-state index >= 15 is 0 Å². The SMILES string of the molecule is O=C(c1ccc(S(=O)(=O)N2CCOCC2)cc1)N1CCN=C1SCc1ccccc1F. The Morgan fingerprint density at radius 2 is 1.77 bits per heavy atom. The van der Waals surface area contributed by atoms with E-state index in [0.29, 0.717) is 61.4 Å². The molecule has 1 fully saturated rings. The fourth-order valence-corrected chi connectivity index (χ4v) is 5.80. The lowest BCUT2D eigenvalue weighted by Gasteiger charge is -2.26. The molecule has 4 rings (SSSR count). The van der Waals surface area contributed by atoms with Crippen LogP contribution in [0.1, 0.15) is 15.9 Å². The molecule has 0 saturated carbocycles. The van der Waals surface area contributed by atoms with E-state index in [1.165, 1.54) is 46.4 Å². The molecule has 0 aliphatic carbocycles. The lowest BCUT2D eigenvalue weighted by atomic mass is 10.2. The number of rotatable bonds is 5. The van der Waals surface area contributed by atoms with E-state index in [-0.39, 0.29) is 16.6 Å². The van der Waals surface area contributed by atoms with Crippen LogP contribution in [0.4, 0.5) is 4.39 Å². The van der Waals surface area contributed by atoms with Gasteiger partial charge >= 0.3 is 0 Å². The molecule has 0 unspecified atom stereocenters. The summed E-state index contributed by atoms with van der Waals surface area (Å²) in [6.45, 7) is 2.29. The number of ether oxygens (including phenoxy) is 1. The van der Waals surface area contributed by atoms with Crippen molar-refractivity contribution in [2.45, 2.75) is 10.6 Å². The van der Waals surface area contributed by atoms with Gasteiger partial charge in [0.2, 0.25) is 10.0 Å². The van der Waals surface area contributed by atoms with Crippen LogP contribution >= 0.6 is 11.8 Å². The fraction of sp³-hybridized carbons (Fsp3) is 0.333. The zero-order valence-corrected chi connectivity index (χ0v) is 18.4. The molecule has 2 aliphatic heterocycles. The Labute approximate surface area is 185 Å². The Hall–Kier alpha value is -2.27. The standard InChI is InChI=1S/C21H22FN3O4S2/c22-19-4-2-1-3-17(19)15-30-21-23-9-10-25(21)20(26)16-5-7-18(8-6-16)31(27,28)24-11-13-29-14-12-24/h1-8H,9-15H2. The van der Waals surface area contributed by atoms with Crippen LogP contribution in [0.3, 0.4) is 0 Å². The van der Waals surface area contributed by atoms with Crippen molar-refractivity contribution in [2.24, 2.45) is 4.99 Å². The zero-order chi connectivity index (χ0) is 21.8. The average Bonchev–Trinajstić information content (AvgIpc) is 3.27. The highest BCUT2D eigenvalue weighted by atomic mass is 32.2. The summed E-state index contributed by atoms with van der Waals surface area (Å²) >= 11 is 1.31. The average molecular weight is 464 g/mol. The third-order valence-electron chi connectivity index (χ3n) is 5.07. The number of morpholine rings is 1. The van der Waals surface area contributed by atoms with Crippen molar-refractivity contribution in [3.05, 3.63) is 65.5 Å². The first-order chi connectivity index (χ1) is 15.0. The molecular formula is C21H22FN3O4S2. The predicted octanol–water partition coefficient (Wildman–Crippen LogP) is 2.59. The van der Waals surface area contributed by atoms with Crippen LogP contribution in [0, 0.1) is 5.82 Å². The Morgan fingerprint density at radius 3 is 2.48 bits per heavy atom. The minimum Gasteiger partial charge on any atom is -0.379 e. The van der Waals surface area contributed by atoms with Gasteiger partial charge in [-0.3, -0.25) is 14.7 Å². The molecule has 0 atom stereocenters. The first-order valence-corrected chi connectivity index (χ1v) is 12.3. The molecule has 0 bridgehead atoms. The van der Waals surface area contributed by atoms with E-state index in [0.717, 1.165) is 0 Å². The number of benzene rings is 2. The van der Waals surface area contributed by atoms with Gasteiger partial charge in [-0.1, -0.05) is 30.0 Å². The van der Waals surface area contributed by atoms with Crippen molar-refractivity contribution in [3.63, 3.8) is 0 Å². The smallest absolute Gasteiger partial charge is 0.259 e. The number of carbonyl (C=O) groups is 1. The lowest BCUT2D eigenvalue weighted by Crippen LogP contribution is -2.40. The minimum atomic E-state index is -3.61. The second-order valence-electron chi connectivity index (χ2n) is 7.04. The summed E-state index contributed by atoms with van der Waals surface area (Å²) < 4.78 is 46.0. The van der Waals surface area contributed by atoms with Gasteiger partial charge in [0.15, 0.2) is 5.17 Å². The third kappa shape index (κ3) is 4.82. The van der Waals surface area contributed by atoms with Crippen LogP contribution in [-0.2, 0) is 20.5 Å². The van der Waals surface area contributed by atoms with E-state index in [9.17, 15) is 17.6 Å². The maximum absolute atomic E-state index is 13.9. The molecule has 0 spiro atoms. The molecular weight excluding hydrogens is 441 g/mol. The first-order valence-electron chi connectivity index (χ1n) is 9.87. The quantitative estimate of drug-likeness (QED) is 0.681.